The standard InChI is InChI=1S/C11H18N2O3/c1-16-7-3-5-12-8-10(14)13-6-2-4-9(13)11(12)15/h9H,2-8H2,1H3. The third kappa shape index (κ3) is 2.04. The lowest BCUT2D eigenvalue weighted by molar-refractivity contribution is -0.153. The highest BCUT2D eigenvalue weighted by atomic mass is 16.5. The second kappa shape index (κ2) is 4.82. The predicted molar refractivity (Wildman–Crippen MR) is 57.8 cm³/mol. The molecule has 0 aromatic rings. The van der Waals surface area contributed by atoms with E-state index in [4.69, 9.17) is 4.74 Å². The Morgan fingerprint density at radius 3 is 3.00 bits per heavy atom. The van der Waals surface area contributed by atoms with Crippen molar-refractivity contribution in [3.05, 3.63) is 0 Å². The van der Waals surface area contributed by atoms with E-state index in [9.17, 15) is 9.59 Å². The molecule has 1 atom stereocenters. The van der Waals surface area contributed by atoms with Crippen molar-refractivity contribution in [2.75, 3.05) is 33.4 Å². The van der Waals surface area contributed by atoms with Crippen LogP contribution in [0.25, 0.3) is 0 Å². The van der Waals surface area contributed by atoms with Gasteiger partial charge in [-0.3, -0.25) is 9.59 Å². The summed E-state index contributed by atoms with van der Waals surface area (Å²) in [5, 5.41) is 0. The molecular weight excluding hydrogens is 208 g/mol. The third-order valence-electron chi connectivity index (χ3n) is 3.27. The number of piperazine rings is 1. The van der Waals surface area contributed by atoms with Crippen molar-refractivity contribution in [3.8, 4) is 0 Å². The zero-order chi connectivity index (χ0) is 11.5. The number of ether oxygens (including phenoxy) is 1. The number of nitrogens with zero attached hydrogens (tertiary/aromatic N) is 2. The highest BCUT2D eigenvalue weighted by Gasteiger charge is 2.41. The minimum Gasteiger partial charge on any atom is -0.385 e. The molecule has 5 heteroatoms. The molecule has 2 saturated heterocycles. The van der Waals surface area contributed by atoms with Crippen molar-refractivity contribution < 1.29 is 14.3 Å². The highest BCUT2D eigenvalue weighted by Crippen LogP contribution is 2.23. The Morgan fingerprint density at radius 1 is 1.44 bits per heavy atom. The summed E-state index contributed by atoms with van der Waals surface area (Å²) in [6, 6.07) is -0.177. The van der Waals surface area contributed by atoms with Gasteiger partial charge < -0.3 is 14.5 Å². The van der Waals surface area contributed by atoms with Crippen molar-refractivity contribution in [2.24, 2.45) is 0 Å². The maximum absolute atomic E-state index is 12.0. The number of hydrogen-bond donors (Lipinski definition) is 0. The maximum Gasteiger partial charge on any atom is 0.245 e. The van der Waals surface area contributed by atoms with Crippen LogP contribution in [0.4, 0.5) is 0 Å². The van der Waals surface area contributed by atoms with Gasteiger partial charge in [-0.05, 0) is 19.3 Å². The zero-order valence-corrected chi connectivity index (χ0v) is 9.65. The average Bonchev–Trinajstić information content (AvgIpc) is 2.75. The van der Waals surface area contributed by atoms with Crippen LogP contribution in [0.3, 0.4) is 0 Å². The normalized spacial score (nSPS) is 25.2. The topological polar surface area (TPSA) is 49.9 Å². The van der Waals surface area contributed by atoms with E-state index in [0.29, 0.717) is 13.2 Å². The van der Waals surface area contributed by atoms with E-state index in [1.165, 1.54) is 0 Å². The van der Waals surface area contributed by atoms with Crippen LogP contribution in [0.2, 0.25) is 0 Å². The highest BCUT2D eigenvalue weighted by molar-refractivity contribution is 5.95. The lowest BCUT2D eigenvalue weighted by atomic mass is 10.1. The lowest BCUT2D eigenvalue weighted by Crippen LogP contribution is -2.57. The molecule has 0 aromatic heterocycles. The van der Waals surface area contributed by atoms with E-state index in [-0.39, 0.29) is 24.4 Å². The molecule has 5 nitrogen and oxygen atoms in total. The van der Waals surface area contributed by atoms with E-state index in [0.717, 1.165) is 25.8 Å². The van der Waals surface area contributed by atoms with Gasteiger partial charge in [-0.15, -0.1) is 0 Å². The van der Waals surface area contributed by atoms with Crippen molar-refractivity contribution >= 4 is 11.8 Å². The second-order valence-corrected chi connectivity index (χ2v) is 4.35. The molecule has 0 N–H and O–H groups in total. The summed E-state index contributed by atoms with van der Waals surface area (Å²) >= 11 is 0. The molecule has 0 radical (unpaired) electrons. The fraction of sp³-hybridized carbons (Fsp3) is 0.818. The number of fused-ring (bicyclic) bond motifs is 1. The molecular formula is C11H18N2O3. The average molecular weight is 226 g/mol. The molecule has 2 aliphatic rings. The molecule has 2 fully saturated rings. The van der Waals surface area contributed by atoms with Gasteiger partial charge in [-0.25, -0.2) is 0 Å². The first-order chi connectivity index (χ1) is 7.74. The smallest absolute Gasteiger partial charge is 0.245 e. The van der Waals surface area contributed by atoms with Crippen LogP contribution in [0.1, 0.15) is 19.3 Å². The molecule has 0 aliphatic carbocycles. The first kappa shape index (κ1) is 11.4. The minimum absolute atomic E-state index is 0.0968. The van der Waals surface area contributed by atoms with Crippen LogP contribution < -0.4 is 0 Å². The van der Waals surface area contributed by atoms with Crippen LogP contribution in [0, 0.1) is 0 Å². The SMILES string of the molecule is COCCCN1CC(=O)N2CCCC2C1=O. The Labute approximate surface area is 95.3 Å². The fourth-order valence-corrected chi connectivity index (χ4v) is 2.45. The summed E-state index contributed by atoms with van der Waals surface area (Å²) in [4.78, 5) is 27.2. The molecule has 0 spiro atoms. The summed E-state index contributed by atoms with van der Waals surface area (Å²) in [6.07, 6.45) is 2.57. The molecule has 0 saturated carbocycles. The Bertz CT molecular complexity index is 293. The van der Waals surface area contributed by atoms with Crippen molar-refractivity contribution in [2.45, 2.75) is 25.3 Å². The van der Waals surface area contributed by atoms with Crippen LogP contribution in [0.5, 0.6) is 0 Å². The molecule has 90 valence electrons. The van der Waals surface area contributed by atoms with E-state index < -0.39 is 0 Å². The summed E-state index contributed by atoms with van der Waals surface area (Å²) in [6.45, 7) is 2.26. The summed E-state index contributed by atoms with van der Waals surface area (Å²) in [5.74, 6) is 0.215. The van der Waals surface area contributed by atoms with Gasteiger partial charge in [-0.2, -0.15) is 0 Å². The fourth-order valence-electron chi connectivity index (χ4n) is 2.45. The van der Waals surface area contributed by atoms with E-state index in [1.807, 2.05) is 0 Å². The Balaban J connectivity index is 1.94. The van der Waals surface area contributed by atoms with E-state index in [1.54, 1.807) is 16.9 Å². The van der Waals surface area contributed by atoms with Gasteiger partial charge in [0.15, 0.2) is 0 Å². The molecule has 1 unspecified atom stereocenters. The molecule has 2 aliphatic heterocycles. The molecule has 0 bridgehead atoms. The molecule has 2 rings (SSSR count). The Hall–Kier alpha value is -1.10. The molecule has 16 heavy (non-hydrogen) atoms. The van der Waals surface area contributed by atoms with Crippen LogP contribution >= 0.6 is 0 Å². The first-order valence-corrected chi connectivity index (χ1v) is 5.81. The molecule has 2 heterocycles. The van der Waals surface area contributed by atoms with Gasteiger partial charge >= 0.3 is 0 Å². The van der Waals surface area contributed by atoms with Gasteiger partial charge in [0.2, 0.25) is 11.8 Å². The van der Waals surface area contributed by atoms with Gasteiger partial charge in [0.1, 0.15) is 6.04 Å². The maximum atomic E-state index is 12.0. The third-order valence-corrected chi connectivity index (χ3v) is 3.27. The predicted octanol–water partition coefficient (Wildman–Crippen LogP) is -0.144. The number of hydrogen-bond acceptors (Lipinski definition) is 3. The number of amides is 2. The van der Waals surface area contributed by atoms with Crippen molar-refractivity contribution in [1.82, 2.24) is 9.80 Å². The summed E-state index contributed by atoms with van der Waals surface area (Å²) in [7, 11) is 1.64. The van der Waals surface area contributed by atoms with Gasteiger partial charge in [0.25, 0.3) is 0 Å². The molecule has 2 amide bonds. The Kier molecular flexibility index (Phi) is 3.43. The van der Waals surface area contributed by atoms with E-state index in [2.05, 4.69) is 0 Å². The van der Waals surface area contributed by atoms with Crippen LogP contribution in [0.15, 0.2) is 0 Å². The van der Waals surface area contributed by atoms with Gasteiger partial charge in [0.05, 0.1) is 6.54 Å². The lowest BCUT2D eigenvalue weighted by Gasteiger charge is -2.36. The summed E-state index contributed by atoms with van der Waals surface area (Å²) in [5.41, 5.74) is 0. The quantitative estimate of drug-likeness (QED) is 0.627. The van der Waals surface area contributed by atoms with Crippen molar-refractivity contribution in [1.29, 1.82) is 0 Å². The van der Waals surface area contributed by atoms with Crippen LogP contribution in [-0.2, 0) is 14.3 Å². The van der Waals surface area contributed by atoms with Crippen LogP contribution in [-0.4, -0.2) is 61.0 Å². The van der Waals surface area contributed by atoms with Crippen molar-refractivity contribution in [3.63, 3.8) is 0 Å². The van der Waals surface area contributed by atoms with Gasteiger partial charge in [-0.1, -0.05) is 0 Å². The molecule has 0 aromatic carbocycles. The minimum atomic E-state index is -0.177. The Morgan fingerprint density at radius 2 is 2.25 bits per heavy atom. The monoisotopic (exact) mass is 226 g/mol. The van der Waals surface area contributed by atoms with Gasteiger partial charge in [0, 0.05) is 26.8 Å². The number of rotatable bonds is 4. The van der Waals surface area contributed by atoms with E-state index >= 15 is 0 Å². The number of carbonyl (C=O) groups excluding carboxylic acids is 2. The summed E-state index contributed by atoms with van der Waals surface area (Å²) < 4.78 is 4.95. The number of carbonyl (C=O) groups is 2. The second-order valence-electron chi connectivity index (χ2n) is 4.35. The largest absolute Gasteiger partial charge is 0.385 e. The first-order valence-electron chi connectivity index (χ1n) is 5.81. The zero-order valence-electron chi connectivity index (χ0n) is 9.65. The number of methoxy groups -OCH3 is 1.